The summed E-state index contributed by atoms with van der Waals surface area (Å²) in [6.45, 7) is 0. The zero-order valence-corrected chi connectivity index (χ0v) is 8.65. The van der Waals surface area contributed by atoms with Gasteiger partial charge in [-0.3, -0.25) is 4.79 Å². The number of aliphatic carboxylic acids is 1. The van der Waals surface area contributed by atoms with Gasteiger partial charge in [0.2, 0.25) is 0 Å². The van der Waals surface area contributed by atoms with Gasteiger partial charge in [-0.15, -0.1) is 0 Å². The summed E-state index contributed by atoms with van der Waals surface area (Å²) in [5, 5.41) is 9.00. The predicted octanol–water partition coefficient (Wildman–Crippen LogP) is 0.0993. The molecule has 0 bridgehead atoms. The lowest BCUT2D eigenvalue weighted by molar-refractivity contribution is -0.142. The summed E-state index contributed by atoms with van der Waals surface area (Å²) in [6.07, 6.45) is -0.832. The van der Waals surface area contributed by atoms with Crippen LogP contribution in [-0.4, -0.2) is 17.2 Å². The molecular weight excluding hydrogens is 232 g/mol. The second-order valence-electron chi connectivity index (χ2n) is 3.82. The van der Waals surface area contributed by atoms with Gasteiger partial charge < -0.3 is 10.8 Å². The van der Waals surface area contributed by atoms with E-state index in [0.717, 1.165) is 6.07 Å². The van der Waals surface area contributed by atoms with Crippen LogP contribution in [-0.2, 0) is 4.79 Å². The first-order valence-electron chi connectivity index (χ1n) is 4.95. The Bertz CT molecular complexity index is 455. The second kappa shape index (κ2) is 4.36. The molecule has 7 heteroatoms. The van der Waals surface area contributed by atoms with E-state index in [2.05, 4.69) is 10.9 Å². The van der Waals surface area contributed by atoms with Crippen molar-refractivity contribution in [2.75, 3.05) is 0 Å². The molecule has 3 unspecified atom stereocenters. The van der Waals surface area contributed by atoms with Crippen molar-refractivity contribution in [2.45, 2.75) is 12.2 Å². The van der Waals surface area contributed by atoms with E-state index in [0.29, 0.717) is 6.07 Å². The summed E-state index contributed by atoms with van der Waals surface area (Å²) >= 11 is 0. The maximum atomic E-state index is 13.5. The minimum absolute atomic E-state index is 0.0688. The lowest BCUT2D eigenvalue weighted by atomic mass is 9.93. The molecule has 0 amide bonds. The third-order valence-corrected chi connectivity index (χ3v) is 2.73. The fraction of sp³-hybridized carbons (Fsp3) is 0.300. The molecule has 1 heterocycles. The van der Waals surface area contributed by atoms with E-state index < -0.39 is 35.7 Å². The molecule has 3 atom stereocenters. The summed E-state index contributed by atoms with van der Waals surface area (Å²) in [5.74, 6) is -3.68. The molecule has 0 aromatic heterocycles. The summed E-state index contributed by atoms with van der Waals surface area (Å²) in [6, 6.07) is 2.16. The lowest BCUT2D eigenvalue weighted by Gasteiger charge is -2.17. The summed E-state index contributed by atoms with van der Waals surface area (Å²) in [4.78, 5) is 11.0. The Balaban J connectivity index is 2.36. The van der Waals surface area contributed by atoms with Crippen LogP contribution < -0.4 is 16.6 Å². The van der Waals surface area contributed by atoms with Gasteiger partial charge in [0.05, 0.1) is 12.2 Å². The Morgan fingerprint density at radius 3 is 2.65 bits per heavy atom. The standard InChI is InChI=1S/C10H11F2N3O2/c11-4-1-2-5(6(12)3-4)8-7(10(16)17)9(13)15-14-8/h1-3,7-9,14-15H,13H2,(H,16,17). The van der Waals surface area contributed by atoms with Gasteiger partial charge in [-0.1, -0.05) is 6.07 Å². The van der Waals surface area contributed by atoms with Crippen LogP contribution in [0.3, 0.4) is 0 Å². The normalized spacial score (nSPS) is 28.3. The number of rotatable bonds is 2. The second-order valence-corrected chi connectivity index (χ2v) is 3.82. The van der Waals surface area contributed by atoms with Gasteiger partial charge in [-0.2, -0.15) is 0 Å². The van der Waals surface area contributed by atoms with Crippen LogP contribution in [0.1, 0.15) is 11.6 Å². The van der Waals surface area contributed by atoms with Crippen molar-refractivity contribution < 1.29 is 18.7 Å². The van der Waals surface area contributed by atoms with Gasteiger partial charge in [0.25, 0.3) is 0 Å². The van der Waals surface area contributed by atoms with Crippen LogP contribution in [0.4, 0.5) is 8.78 Å². The largest absolute Gasteiger partial charge is 0.481 e. The molecule has 5 nitrogen and oxygen atoms in total. The Labute approximate surface area is 95.6 Å². The molecular formula is C10H11F2N3O2. The number of carbonyl (C=O) groups is 1. The smallest absolute Gasteiger partial charge is 0.311 e. The molecule has 1 aromatic rings. The highest BCUT2D eigenvalue weighted by Crippen LogP contribution is 2.29. The van der Waals surface area contributed by atoms with E-state index in [1.165, 1.54) is 6.07 Å². The summed E-state index contributed by atoms with van der Waals surface area (Å²) in [7, 11) is 0. The van der Waals surface area contributed by atoms with E-state index in [-0.39, 0.29) is 5.56 Å². The van der Waals surface area contributed by atoms with Gasteiger partial charge in [0.1, 0.15) is 17.6 Å². The van der Waals surface area contributed by atoms with Crippen LogP contribution in [0.25, 0.3) is 0 Å². The molecule has 1 saturated heterocycles. The Kier molecular flexibility index (Phi) is 3.05. The third kappa shape index (κ3) is 2.12. The Hall–Kier alpha value is -1.57. The molecule has 1 fully saturated rings. The molecule has 2 rings (SSSR count). The molecule has 5 N–H and O–H groups in total. The fourth-order valence-corrected chi connectivity index (χ4v) is 1.89. The van der Waals surface area contributed by atoms with E-state index in [1.54, 1.807) is 0 Å². The molecule has 92 valence electrons. The molecule has 0 spiro atoms. The van der Waals surface area contributed by atoms with Crippen LogP contribution in [0.15, 0.2) is 18.2 Å². The number of hydrogen-bond acceptors (Lipinski definition) is 4. The highest BCUT2D eigenvalue weighted by atomic mass is 19.1. The van der Waals surface area contributed by atoms with Crippen molar-refractivity contribution in [3.05, 3.63) is 35.4 Å². The minimum Gasteiger partial charge on any atom is -0.481 e. The van der Waals surface area contributed by atoms with Crippen molar-refractivity contribution in [1.82, 2.24) is 10.9 Å². The molecule has 17 heavy (non-hydrogen) atoms. The highest BCUT2D eigenvalue weighted by molar-refractivity contribution is 5.72. The molecule has 0 radical (unpaired) electrons. The average Bonchev–Trinajstić information content (AvgIpc) is 2.60. The van der Waals surface area contributed by atoms with Crippen LogP contribution in [0.5, 0.6) is 0 Å². The molecule has 0 saturated carbocycles. The molecule has 0 aliphatic carbocycles. The highest BCUT2D eigenvalue weighted by Gasteiger charge is 2.41. The Morgan fingerprint density at radius 2 is 2.06 bits per heavy atom. The Morgan fingerprint density at radius 1 is 1.35 bits per heavy atom. The first-order chi connectivity index (χ1) is 8.00. The predicted molar refractivity (Wildman–Crippen MR) is 54.5 cm³/mol. The summed E-state index contributed by atoms with van der Waals surface area (Å²) < 4.78 is 26.3. The average molecular weight is 243 g/mol. The molecule has 1 aliphatic rings. The number of halogens is 2. The number of hydrazine groups is 1. The zero-order valence-electron chi connectivity index (χ0n) is 8.65. The monoisotopic (exact) mass is 243 g/mol. The third-order valence-electron chi connectivity index (χ3n) is 2.73. The number of hydrogen-bond donors (Lipinski definition) is 4. The number of carboxylic acids is 1. The number of benzene rings is 1. The van der Waals surface area contributed by atoms with Crippen LogP contribution in [0.2, 0.25) is 0 Å². The SMILES string of the molecule is NC1NNC(c2ccc(F)cc2F)C1C(=O)O. The van der Waals surface area contributed by atoms with Gasteiger partial charge in [0.15, 0.2) is 0 Å². The number of nitrogens with two attached hydrogens (primary N) is 1. The zero-order chi connectivity index (χ0) is 12.6. The van der Waals surface area contributed by atoms with Crippen LogP contribution >= 0.6 is 0 Å². The van der Waals surface area contributed by atoms with Gasteiger partial charge >= 0.3 is 5.97 Å². The van der Waals surface area contributed by atoms with Gasteiger partial charge in [-0.25, -0.2) is 19.6 Å². The van der Waals surface area contributed by atoms with Gasteiger partial charge in [0, 0.05) is 11.6 Å². The van der Waals surface area contributed by atoms with E-state index in [1.807, 2.05) is 0 Å². The van der Waals surface area contributed by atoms with Gasteiger partial charge in [-0.05, 0) is 6.07 Å². The topological polar surface area (TPSA) is 87.4 Å². The first-order valence-corrected chi connectivity index (χ1v) is 4.95. The fourth-order valence-electron chi connectivity index (χ4n) is 1.89. The maximum Gasteiger partial charge on any atom is 0.311 e. The number of nitrogens with one attached hydrogen (secondary N) is 2. The van der Waals surface area contributed by atoms with Crippen molar-refractivity contribution in [1.29, 1.82) is 0 Å². The lowest BCUT2D eigenvalue weighted by Crippen LogP contribution is -2.41. The van der Waals surface area contributed by atoms with E-state index in [4.69, 9.17) is 10.8 Å². The molecule has 1 aromatic carbocycles. The minimum atomic E-state index is -1.15. The van der Waals surface area contributed by atoms with Crippen LogP contribution in [0, 0.1) is 17.6 Å². The summed E-state index contributed by atoms with van der Waals surface area (Å²) in [5.41, 5.74) is 10.7. The first kappa shape index (κ1) is 11.9. The quantitative estimate of drug-likeness (QED) is 0.591. The van der Waals surface area contributed by atoms with E-state index in [9.17, 15) is 13.6 Å². The van der Waals surface area contributed by atoms with E-state index >= 15 is 0 Å². The molecule has 1 aliphatic heterocycles. The van der Waals surface area contributed by atoms with Crippen molar-refractivity contribution >= 4 is 5.97 Å². The maximum absolute atomic E-state index is 13.5. The van der Waals surface area contributed by atoms with Crippen molar-refractivity contribution in [2.24, 2.45) is 11.7 Å². The number of carboxylic acid groups (broad SMARTS) is 1. The van der Waals surface area contributed by atoms with Crippen molar-refractivity contribution in [3.63, 3.8) is 0 Å². The van der Waals surface area contributed by atoms with Crippen molar-refractivity contribution in [3.8, 4) is 0 Å².